The van der Waals surface area contributed by atoms with Gasteiger partial charge in [0.05, 0.1) is 5.60 Å². The van der Waals surface area contributed by atoms with Crippen molar-refractivity contribution in [1.82, 2.24) is 5.32 Å². The summed E-state index contributed by atoms with van der Waals surface area (Å²) in [6.07, 6.45) is 2.74. The van der Waals surface area contributed by atoms with Crippen molar-refractivity contribution in [1.29, 1.82) is 0 Å². The fourth-order valence-corrected chi connectivity index (χ4v) is 2.36. The number of halogens is 1. The lowest BCUT2D eigenvalue weighted by Gasteiger charge is -2.36. The quantitative estimate of drug-likeness (QED) is 0.858. The molecule has 0 aliphatic heterocycles. The molecule has 1 aliphatic rings. The van der Waals surface area contributed by atoms with Crippen LogP contribution in [0.5, 0.6) is 0 Å². The van der Waals surface area contributed by atoms with Gasteiger partial charge in [0.15, 0.2) is 0 Å². The number of aliphatic hydroxyl groups is 1. The Morgan fingerprint density at radius 2 is 2.16 bits per heavy atom. The van der Waals surface area contributed by atoms with Crippen LogP contribution in [0.3, 0.4) is 0 Å². The second-order valence-corrected chi connectivity index (χ2v) is 5.48. The number of benzene rings is 1. The van der Waals surface area contributed by atoms with E-state index in [-0.39, 0.29) is 24.1 Å². The summed E-state index contributed by atoms with van der Waals surface area (Å²) in [7, 11) is 0. The minimum Gasteiger partial charge on any atom is -0.388 e. The predicted octanol–water partition coefficient (Wildman–Crippen LogP) is 2.35. The third kappa shape index (κ3) is 3.53. The topological polar surface area (TPSA) is 49.3 Å². The zero-order chi connectivity index (χ0) is 13.9. The van der Waals surface area contributed by atoms with Crippen molar-refractivity contribution in [2.24, 2.45) is 0 Å². The van der Waals surface area contributed by atoms with Gasteiger partial charge in [-0.15, -0.1) is 0 Å². The number of amides is 1. The van der Waals surface area contributed by atoms with Crippen LogP contribution in [0.25, 0.3) is 0 Å². The molecule has 1 saturated carbocycles. The number of hydrogen-bond acceptors (Lipinski definition) is 2. The Morgan fingerprint density at radius 1 is 1.47 bits per heavy atom. The maximum atomic E-state index is 13.6. The molecular weight excluding hydrogens is 245 g/mol. The monoisotopic (exact) mass is 265 g/mol. The first-order chi connectivity index (χ1) is 9.00. The second kappa shape index (κ2) is 5.70. The van der Waals surface area contributed by atoms with Crippen molar-refractivity contribution >= 4 is 5.91 Å². The molecule has 0 radical (unpaired) electrons. The van der Waals surface area contributed by atoms with Crippen molar-refractivity contribution < 1.29 is 14.3 Å². The maximum absolute atomic E-state index is 13.6. The number of rotatable bonds is 5. The molecule has 1 aliphatic carbocycles. The Kier molecular flexibility index (Phi) is 4.20. The van der Waals surface area contributed by atoms with E-state index in [2.05, 4.69) is 5.32 Å². The van der Waals surface area contributed by atoms with Crippen LogP contribution < -0.4 is 5.32 Å². The lowest BCUT2D eigenvalue weighted by Crippen LogP contribution is -2.47. The number of carbonyl (C=O) groups is 1. The van der Waals surface area contributed by atoms with E-state index >= 15 is 0 Å². The van der Waals surface area contributed by atoms with Gasteiger partial charge < -0.3 is 10.4 Å². The Bertz CT molecular complexity index is 457. The minimum absolute atomic E-state index is 0.143. The molecule has 1 amide bonds. The summed E-state index contributed by atoms with van der Waals surface area (Å²) in [6, 6.07) is 6.51. The average molecular weight is 265 g/mol. The van der Waals surface area contributed by atoms with Crippen molar-refractivity contribution in [2.75, 3.05) is 6.54 Å². The van der Waals surface area contributed by atoms with Crippen LogP contribution in [0.15, 0.2) is 24.3 Å². The number of hydrogen-bond donors (Lipinski definition) is 2. The minimum atomic E-state index is -0.711. The molecular formula is C15H20FNO2. The summed E-state index contributed by atoms with van der Waals surface area (Å²) in [6.45, 7) is 2.13. The molecule has 0 saturated heterocycles. The first kappa shape index (κ1) is 14.0. The van der Waals surface area contributed by atoms with Crippen molar-refractivity contribution in [2.45, 2.75) is 44.1 Å². The van der Waals surface area contributed by atoms with Crippen molar-refractivity contribution in [3.05, 3.63) is 35.6 Å². The van der Waals surface area contributed by atoms with Gasteiger partial charge in [-0.1, -0.05) is 25.1 Å². The molecule has 1 unspecified atom stereocenters. The summed E-state index contributed by atoms with van der Waals surface area (Å²) < 4.78 is 13.6. The molecule has 1 atom stereocenters. The lowest BCUT2D eigenvalue weighted by atomic mass is 9.80. The largest absolute Gasteiger partial charge is 0.388 e. The van der Waals surface area contributed by atoms with Gasteiger partial charge in [-0.3, -0.25) is 4.79 Å². The molecule has 2 N–H and O–H groups in total. The van der Waals surface area contributed by atoms with Gasteiger partial charge in [-0.05, 0) is 36.8 Å². The molecule has 1 aromatic rings. The summed E-state index contributed by atoms with van der Waals surface area (Å²) >= 11 is 0. The molecule has 1 fully saturated rings. The fraction of sp³-hybridized carbons (Fsp3) is 0.533. The summed E-state index contributed by atoms with van der Waals surface area (Å²) in [5.41, 5.74) is -0.156. The molecule has 0 heterocycles. The maximum Gasteiger partial charge on any atom is 0.220 e. The Balaban J connectivity index is 1.83. The van der Waals surface area contributed by atoms with Crippen molar-refractivity contribution in [3.8, 4) is 0 Å². The molecule has 0 spiro atoms. The molecule has 19 heavy (non-hydrogen) atoms. The van der Waals surface area contributed by atoms with E-state index in [1.54, 1.807) is 18.2 Å². The van der Waals surface area contributed by atoms with Gasteiger partial charge in [0.1, 0.15) is 5.82 Å². The van der Waals surface area contributed by atoms with Crippen LogP contribution in [0.2, 0.25) is 0 Å². The van der Waals surface area contributed by atoms with Gasteiger partial charge >= 0.3 is 0 Å². The SMILES string of the molecule is CC(CC(=O)NCC1(O)CCC1)c1ccccc1F. The highest BCUT2D eigenvalue weighted by Gasteiger charge is 2.34. The van der Waals surface area contributed by atoms with E-state index < -0.39 is 5.60 Å². The van der Waals surface area contributed by atoms with E-state index in [9.17, 15) is 14.3 Å². The van der Waals surface area contributed by atoms with Crippen LogP contribution in [-0.4, -0.2) is 23.2 Å². The smallest absolute Gasteiger partial charge is 0.220 e. The van der Waals surface area contributed by atoms with E-state index in [1.807, 2.05) is 6.92 Å². The molecule has 0 aromatic heterocycles. The van der Waals surface area contributed by atoms with Crippen LogP contribution in [0, 0.1) is 5.82 Å². The van der Waals surface area contributed by atoms with E-state index in [0.717, 1.165) is 19.3 Å². The van der Waals surface area contributed by atoms with Gasteiger partial charge in [0, 0.05) is 13.0 Å². The van der Waals surface area contributed by atoms with Gasteiger partial charge in [-0.25, -0.2) is 4.39 Å². The third-order valence-corrected chi connectivity index (χ3v) is 3.83. The Labute approximate surface area is 112 Å². The van der Waals surface area contributed by atoms with Crippen molar-refractivity contribution in [3.63, 3.8) is 0 Å². The molecule has 1 aromatic carbocycles. The molecule has 0 bridgehead atoms. The highest BCUT2D eigenvalue weighted by atomic mass is 19.1. The molecule has 2 rings (SSSR count). The first-order valence-corrected chi connectivity index (χ1v) is 6.74. The third-order valence-electron chi connectivity index (χ3n) is 3.83. The van der Waals surface area contributed by atoms with Crippen LogP contribution in [0.4, 0.5) is 4.39 Å². The van der Waals surface area contributed by atoms with Gasteiger partial charge in [0.2, 0.25) is 5.91 Å². The summed E-state index contributed by atoms with van der Waals surface area (Å²) in [5, 5.41) is 12.6. The Hall–Kier alpha value is -1.42. The average Bonchev–Trinajstić information content (AvgIpc) is 2.34. The number of nitrogens with one attached hydrogen (secondary N) is 1. The first-order valence-electron chi connectivity index (χ1n) is 6.74. The predicted molar refractivity (Wildman–Crippen MR) is 71.2 cm³/mol. The zero-order valence-corrected chi connectivity index (χ0v) is 11.2. The zero-order valence-electron chi connectivity index (χ0n) is 11.2. The molecule has 4 heteroatoms. The standard InChI is InChI=1S/C15H20FNO2/c1-11(12-5-2-3-6-13(12)16)9-14(18)17-10-15(19)7-4-8-15/h2-3,5-6,11,19H,4,7-10H2,1H3,(H,17,18). The normalized spacial score (nSPS) is 18.5. The van der Waals surface area contributed by atoms with E-state index in [0.29, 0.717) is 12.1 Å². The lowest BCUT2D eigenvalue weighted by molar-refractivity contribution is -0.123. The Morgan fingerprint density at radius 3 is 2.74 bits per heavy atom. The van der Waals surface area contributed by atoms with E-state index in [1.165, 1.54) is 6.07 Å². The summed E-state index contributed by atoms with van der Waals surface area (Å²) in [4.78, 5) is 11.8. The van der Waals surface area contributed by atoms with E-state index in [4.69, 9.17) is 0 Å². The van der Waals surface area contributed by atoms with Crippen LogP contribution in [-0.2, 0) is 4.79 Å². The molecule has 104 valence electrons. The van der Waals surface area contributed by atoms with Crippen LogP contribution in [0.1, 0.15) is 44.1 Å². The van der Waals surface area contributed by atoms with Crippen LogP contribution >= 0.6 is 0 Å². The fourth-order valence-electron chi connectivity index (χ4n) is 2.36. The number of carbonyl (C=O) groups excluding carboxylic acids is 1. The summed E-state index contributed by atoms with van der Waals surface area (Å²) in [5.74, 6) is -0.589. The van der Waals surface area contributed by atoms with Gasteiger partial charge in [0.25, 0.3) is 0 Å². The highest BCUT2D eigenvalue weighted by Crippen LogP contribution is 2.30. The highest BCUT2D eigenvalue weighted by molar-refractivity contribution is 5.76. The second-order valence-electron chi connectivity index (χ2n) is 5.48. The van der Waals surface area contributed by atoms with Gasteiger partial charge in [-0.2, -0.15) is 0 Å². The molecule has 3 nitrogen and oxygen atoms in total.